The molecule has 2 aromatic rings. The lowest BCUT2D eigenvalue weighted by molar-refractivity contribution is -0.122. The lowest BCUT2D eigenvalue weighted by Gasteiger charge is -2.30. The van der Waals surface area contributed by atoms with Crippen LogP contribution < -0.4 is 5.32 Å². The summed E-state index contributed by atoms with van der Waals surface area (Å²) in [6.45, 7) is 0.706. The second-order valence-electron chi connectivity index (χ2n) is 6.58. The van der Waals surface area contributed by atoms with Crippen molar-refractivity contribution in [2.75, 3.05) is 6.61 Å². The third kappa shape index (κ3) is 4.85. The van der Waals surface area contributed by atoms with Gasteiger partial charge in [-0.05, 0) is 24.5 Å². The quantitative estimate of drug-likeness (QED) is 0.799. The van der Waals surface area contributed by atoms with Crippen molar-refractivity contribution in [3.63, 3.8) is 0 Å². The number of aryl methyl sites for hydroxylation is 1. The number of carbonyl (C=O) groups is 1. The average Bonchev–Trinajstić information content (AvgIpc) is 3.12. The van der Waals surface area contributed by atoms with Gasteiger partial charge in [-0.3, -0.25) is 4.79 Å². The highest BCUT2D eigenvalue weighted by Crippen LogP contribution is 2.24. The van der Waals surface area contributed by atoms with E-state index >= 15 is 0 Å². The van der Waals surface area contributed by atoms with Gasteiger partial charge in [0.15, 0.2) is 0 Å². The lowest BCUT2D eigenvalue weighted by atomic mass is 9.85. The van der Waals surface area contributed by atoms with Crippen LogP contribution in [0.15, 0.2) is 30.3 Å². The predicted octanol–water partition coefficient (Wildman–Crippen LogP) is 1.79. The van der Waals surface area contributed by atoms with Crippen LogP contribution in [0.1, 0.15) is 38.5 Å². The molecule has 0 radical (unpaired) electrons. The number of rotatable bonds is 7. The first kappa shape index (κ1) is 17.5. The summed E-state index contributed by atoms with van der Waals surface area (Å²) >= 11 is 0. The number of nitrogens with zero attached hydrogens (tertiary/aromatic N) is 4. The van der Waals surface area contributed by atoms with Gasteiger partial charge in [0.05, 0.1) is 6.54 Å². The molecule has 3 rings (SSSR count). The van der Waals surface area contributed by atoms with Gasteiger partial charge < -0.3 is 10.4 Å². The highest BCUT2D eigenvalue weighted by Gasteiger charge is 2.25. The highest BCUT2D eigenvalue weighted by atomic mass is 16.3. The number of carbonyl (C=O) groups excluding carboxylic acids is 1. The van der Waals surface area contributed by atoms with E-state index in [0.717, 1.165) is 31.2 Å². The highest BCUT2D eigenvalue weighted by molar-refractivity contribution is 5.76. The lowest BCUT2D eigenvalue weighted by Crippen LogP contribution is -2.43. The maximum absolute atomic E-state index is 12.1. The first-order chi connectivity index (χ1) is 12.3. The second-order valence-corrected chi connectivity index (χ2v) is 6.58. The largest absolute Gasteiger partial charge is 0.396 e. The zero-order valence-corrected chi connectivity index (χ0v) is 14.3. The monoisotopic (exact) mass is 343 g/mol. The minimum Gasteiger partial charge on any atom is -0.396 e. The summed E-state index contributed by atoms with van der Waals surface area (Å²) in [5, 5.41) is 24.9. The van der Waals surface area contributed by atoms with Crippen molar-refractivity contribution in [2.45, 2.75) is 51.1 Å². The molecule has 0 spiro atoms. The maximum atomic E-state index is 12.1. The van der Waals surface area contributed by atoms with Gasteiger partial charge in [-0.1, -0.05) is 43.2 Å². The van der Waals surface area contributed by atoms with Gasteiger partial charge in [-0.25, -0.2) is 0 Å². The summed E-state index contributed by atoms with van der Waals surface area (Å²) < 4.78 is 0. The number of aliphatic hydroxyl groups excluding tert-OH is 1. The summed E-state index contributed by atoms with van der Waals surface area (Å²) in [4.78, 5) is 13.7. The van der Waals surface area contributed by atoms with Crippen molar-refractivity contribution in [1.29, 1.82) is 0 Å². The van der Waals surface area contributed by atoms with Gasteiger partial charge in [-0.15, -0.1) is 10.2 Å². The molecule has 1 aromatic carbocycles. The minimum absolute atomic E-state index is 0.0359. The molecule has 0 bridgehead atoms. The molecule has 7 heteroatoms. The van der Waals surface area contributed by atoms with Crippen molar-refractivity contribution >= 4 is 5.91 Å². The topological polar surface area (TPSA) is 92.9 Å². The van der Waals surface area contributed by atoms with Gasteiger partial charge in [0, 0.05) is 30.6 Å². The Labute approximate surface area is 147 Å². The Bertz CT molecular complexity index is 673. The zero-order valence-electron chi connectivity index (χ0n) is 14.3. The van der Waals surface area contributed by atoms with E-state index < -0.39 is 0 Å². The minimum atomic E-state index is 0.0359. The second kappa shape index (κ2) is 8.71. The van der Waals surface area contributed by atoms with Gasteiger partial charge in [0.2, 0.25) is 11.7 Å². The van der Waals surface area contributed by atoms with Crippen LogP contribution in [0.5, 0.6) is 0 Å². The van der Waals surface area contributed by atoms with Gasteiger partial charge in [-0.2, -0.15) is 4.80 Å². The smallest absolute Gasteiger partial charge is 0.220 e. The van der Waals surface area contributed by atoms with E-state index in [-0.39, 0.29) is 24.5 Å². The molecule has 1 aliphatic carbocycles. The number of hydrogen-bond acceptors (Lipinski definition) is 5. The van der Waals surface area contributed by atoms with Crippen molar-refractivity contribution in [3.05, 3.63) is 30.3 Å². The Hall–Kier alpha value is -2.28. The summed E-state index contributed by atoms with van der Waals surface area (Å²) in [5.74, 6) is 0.829. The first-order valence-electron chi connectivity index (χ1n) is 8.99. The Balaban J connectivity index is 1.43. The number of tetrazole rings is 1. The zero-order chi connectivity index (χ0) is 17.5. The Kier molecular flexibility index (Phi) is 6.11. The molecule has 1 aromatic heterocycles. The normalized spacial score (nSPS) is 20.4. The van der Waals surface area contributed by atoms with Crippen molar-refractivity contribution in [2.24, 2.45) is 5.92 Å². The van der Waals surface area contributed by atoms with Crippen LogP contribution in [-0.2, 0) is 11.3 Å². The molecule has 1 amide bonds. The molecule has 1 heterocycles. The average molecular weight is 343 g/mol. The first-order valence-corrected chi connectivity index (χ1v) is 8.99. The molecule has 2 unspecified atom stereocenters. The van der Waals surface area contributed by atoms with Crippen molar-refractivity contribution in [3.8, 4) is 11.4 Å². The Morgan fingerprint density at radius 1 is 1.24 bits per heavy atom. The Morgan fingerprint density at radius 2 is 2.04 bits per heavy atom. The molecule has 2 atom stereocenters. The van der Waals surface area contributed by atoms with Crippen molar-refractivity contribution < 1.29 is 9.90 Å². The molecule has 1 saturated carbocycles. The fourth-order valence-corrected chi connectivity index (χ4v) is 3.32. The van der Waals surface area contributed by atoms with Gasteiger partial charge in [0.25, 0.3) is 0 Å². The molecule has 7 nitrogen and oxygen atoms in total. The van der Waals surface area contributed by atoms with Crippen LogP contribution in [0.4, 0.5) is 0 Å². The molecule has 134 valence electrons. The summed E-state index contributed by atoms with van der Waals surface area (Å²) in [5.41, 5.74) is 0.929. The summed E-state index contributed by atoms with van der Waals surface area (Å²) in [6.07, 6.45) is 5.30. The Morgan fingerprint density at radius 3 is 2.84 bits per heavy atom. The van der Waals surface area contributed by atoms with Gasteiger partial charge >= 0.3 is 0 Å². The van der Waals surface area contributed by atoms with E-state index in [9.17, 15) is 9.90 Å². The van der Waals surface area contributed by atoms with Gasteiger partial charge in [0.1, 0.15) is 0 Å². The molecule has 0 saturated heterocycles. The van der Waals surface area contributed by atoms with E-state index in [1.165, 1.54) is 4.80 Å². The number of amides is 1. The summed E-state index contributed by atoms with van der Waals surface area (Å²) in [6, 6.07) is 9.81. The van der Waals surface area contributed by atoms with Crippen LogP contribution in [0, 0.1) is 5.92 Å². The standard InChI is InChI=1S/C18H25N5O2/c24-13-15-9-4-5-10-16(15)19-17(25)11-6-12-23-21-18(20-22-23)14-7-2-1-3-8-14/h1-3,7-8,15-16,24H,4-6,9-13H2,(H,19,25). The van der Waals surface area contributed by atoms with E-state index in [2.05, 4.69) is 20.7 Å². The fraction of sp³-hybridized carbons (Fsp3) is 0.556. The molecule has 1 aliphatic rings. The molecule has 0 aliphatic heterocycles. The van der Waals surface area contributed by atoms with Crippen LogP contribution in [-0.4, -0.2) is 43.9 Å². The fourth-order valence-electron chi connectivity index (χ4n) is 3.32. The third-order valence-corrected chi connectivity index (χ3v) is 4.74. The van der Waals surface area contributed by atoms with Crippen molar-refractivity contribution in [1.82, 2.24) is 25.5 Å². The van der Waals surface area contributed by atoms with Crippen LogP contribution in [0.25, 0.3) is 11.4 Å². The molecule has 25 heavy (non-hydrogen) atoms. The van der Waals surface area contributed by atoms with E-state index in [1.807, 2.05) is 30.3 Å². The molecule has 1 fully saturated rings. The maximum Gasteiger partial charge on any atom is 0.220 e. The van der Waals surface area contributed by atoms with E-state index in [4.69, 9.17) is 0 Å². The van der Waals surface area contributed by atoms with E-state index in [0.29, 0.717) is 25.2 Å². The van der Waals surface area contributed by atoms with Crippen LogP contribution >= 0.6 is 0 Å². The molecular weight excluding hydrogens is 318 g/mol. The number of benzene rings is 1. The predicted molar refractivity (Wildman–Crippen MR) is 93.5 cm³/mol. The number of hydrogen-bond donors (Lipinski definition) is 2. The number of nitrogens with one attached hydrogen (secondary N) is 1. The number of aliphatic hydroxyl groups is 1. The summed E-state index contributed by atoms with van der Waals surface area (Å²) in [7, 11) is 0. The van der Waals surface area contributed by atoms with Crippen LogP contribution in [0.2, 0.25) is 0 Å². The molecular formula is C18H25N5O2. The SMILES string of the molecule is O=C(CCCn1nnc(-c2ccccc2)n1)NC1CCCCC1CO. The number of aromatic nitrogens is 4. The van der Waals surface area contributed by atoms with Crippen LogP contribution in [0.3, 0.4) is 0 Å². The van der Waals surface area contributed by atoms with E-state index in [1.54, 1.807) is 0 Å². The molecule has 2 N–H and O–H groups in total. The third-order valence-electron chi connectivity index (χ3n) is 4.74.